The molecule has 0 aliphatic carbocycles. The van der Waals surface area contributed by atoms with Crippen molar-refractivity contribution in [3.8, 4) is 6.07 Å². The number of rotatable bonds is 5. The molecule has 2 aromatic rings. The van der Waals surface area contributed by atoms with Crippen molar-refractivity contribution >= 4 is 22.2 Å². The minimum atomic E-state index is -0.284. The van der Waals surface area contributed by atoms with Gasteiger partial charge in [-0.15, -0.1) is 11.3 Å². The van der Waals surface area contributed by atoms with Crippen molar-refractivity contribution in [3.05, 3.63) is 52.4 Å². The Morgan fingerprint density at radius 1 is 1.41 bits per heavy atom. The van der Waals surface area contributed by atoms with Gasteiger partial charge in [0.15, 0.2) is 0 Å². The predicted molar refractivity (Wildman–Crippen MR) is 89.8 cm³/mol. The first kappa shape index (κ1) is 16.2. The molecule has 1 heterocycles. The lowest BCUT2D eigenvalue weighted by molar-refractivity contribution is -0.120. The molecule has 22 heavy (non-hydrogen) atoms. The van der Waals surface area contributed by atoms with Crippen molar-refractivity contribution in [2.75, 3.05) is 12.4 Å². The first-order chi connectivity index (χ1) is 10.5. The van der Waals surface area contributed by atoms with Crippen molar-refractivity contribution in [3.63, 3.8) is 0 Å². The number of anilines is 1. The molecule has 1 aromatic carbocycles. The second-order valence-corrected chi connectivity index (χ2v) is 6.20. The highest BCUT2D eigenvalue weighted by atomic mass is 32.1. The number of amides is 1. The van der Waals surface area contributed by atoms with Crippen LogP contribution in [-0.2, 0) is 11.3 Å². The quantitative estimate of drug-likeness (QED) is 0.920. The van der Waals surface area contributed by atoms with Crippen LogP contribution in [0.2, 0.25) is 0 Å². The Kier molecular flexibility index (Phi) is 5.31. The number of carbonyl (C=O) groups excluding carboxylic acids is 1. The number of nitriles is 1. The fraction of sp³-hybridized carbons (Fsp3) is 0.294. The molecule has 0 aliphatic rings. The lowest BCUT2D eigenvalue weighted by atomic mass is 10.1. The number of aryl methyl sites for hydroxylation is 1. The number of hydrogen-bond donors (Lipinski definition) is 1. The van der Waals surface area contributed by atoms with Gasteiger partial charge in [0.1, 0.15) is 11.1 Å². The zero-order chi connectivity index (χ0) is 16.1. The molecule has 4 nitrogen and oxygen atoms in total. The fourth-order valence-electron chi connectivity index (χ4n) is 2.10. The fourth-order valence-corrected chi connectivity index (χ4v) is 2.84. The van der Waals surface area contributed by atoms with Gasteiger partial charge < -0.3 is 5.32 Å². The molecule has 0 fully saturated rings. The Hall–Kier alpha value is -2.16. The summed E-state index contributed by atoms with van der Waals surface area (Å²) in [5.41, 5.74) is 2.93. The van der Waals surface area contributed by atoms with Crippen molar-refractivity contribution in [1.29, 1.82) is 5.26 Å². The van der Waals surface area contributed by atoms with E-state index in [0.717, 1.165) is 0 Å². The van der Waals surface area contributed by atoms with Crippen LogP contribution in [0.25, 0.3) is 0 Å². The van der Waals surface area contributed by atoms with Crippen LogP contribution in [0.4, 0.5) is 5.00 Å². The third kappa shape index (κ3) is 3.73. The molecule has 1 atom stereocenters. The highest BCUT2D eigenvalue weighted by Gasteiger charge is 2.20. The average Bonchev–Trinajstić information content (AvgIpc) is 2.95. The largest absolute Gasteiger partial charge is 0.315 e. The molecule has 114 valence electrons. The average molecular weight is 313 g/mol. The van der Waals surface area contributed by atoms with Gasteiger partial charge in [-0.05, 0) is 43.5 Å². The van der Waals surface area contributed by atoms with Crippen LogP contribution >= 0.6 is 11.3 Å². The van der Waals surface area contributed by atoms with Crippen molar-refractivity contribution in [2.24, 2.45) is 0 Å². The third-order valence-electron chi connectivity index (χ3n) is 3.74. The van der Waals surface area contributed by atoms with Crippen molar-refractivity contribution in [2.45, 2.75) is 26.4 Å². The molecule has 1 amide bonds. The number of likely N-dealkylation sites (N-methyl/N-ethyl adjacent to an activating group) is 1. The zero-order valence-corrected chi connectivity index (χ0v) is 13.8. The van der Waals surface area contributed by atoms with Gasteiger partial charge in [0.25, 0.3) is 0 Å². The molecule has 0 radical (unpaired) electrons. The van der Waals surface area contributed by atoms with Crippen LogP contribution in [0, 0.1) is 18.3 Å². The van der Waals surface area contributed by atoms with Gasteiger partial charge in [0.2, 0.25) is 5.91 Å². The molecule has 1 unspecified atom stereocenters. The minimum absolute atomic E-state index is 0.102. The second kappa shape index (κ2) is 7.21. The van der Waals surface area contributed by atoms with E-state index < -0.39 is 0 Å². The van der Waals surface area contributed by atoms with Gasteiger partial charge in [-0.25, -0.2) is 0 Å². The molecule has 1 aromatic heterocycles. The van der Waals surface area contributed by atoms with Crippen LogP contribution in [0.3, 0.4) is 0 Å². The standard InChI is InChI=1S/C17H19N3OS/c1-12-6-4-5-7-15(12)11-20(3)13(2)16(21)19-17-14(10-18)8-9-22-17/h4-9,13H,11H2,1-3H3,(H,19,21). The molecule has 2 rings (SSSR count). The number of thiophene rings is 1. The Labute approximate surface area is 135 Å². The lowest BCUT2D eigenvalue weighted by Crippen LogP contribution is -2.39. The van der Waals surface area contributed by atoms with Crippen LogP contribution in [0.5, 0.6) is 0 Å². The van der Waals surface area contributed by atoms with Gasteiger partial charge in [-0.3, -0.25) is 9.69 Å². The van der Waals surface area contributed by atoms with E-state index in [2.05, 4.69) is 30.4 Å². The van der Waals surface area contributed by atoms with E-state index in [-0.39, 0.29) is 11.9 Å². The minimum Gasteiger partial charge on any atom is -0.315 e. The summed E-state index contributed by atoms with van der Waals surface area (Å²) in [7, 11) is 1.93. The lowest BCUT2D eigenvalue weighted by Gasteiger charge is -2.24. The number of benzene rings is 1. The van der Waals surface area contributed by atoms with E-state index in [4.69, 9.17) is 5.26 Å². The molecular weight excluding hydrogens is 294 g/mol. The summed E-state index contributed by atoms with van der Waals surface area (Å²) >= 11 is 1.37. The van der Waals surface area contributed by atoms with Crippen molar-refractivity contribution < 1.29 is 4.79 Å². The number of carbonyl (C=O) groups is 1. The Morgan fingerprint density at radius 3 is 2.82 bits per heavy atom. The summed E-state index contributed by atoms with van der Waals surface area (Å²) in [6, 6.07) is 11.7. The third-order valence-corrected chi connectivity index (χ3v) is 4.57. The molecular formula is C17H19N3OS. The molecule has 5 heteroatoms. The molecule has 0 saturated heterocycles. The first-order valence-electron chi connectivity index (χ1n) is 7.06. The Bertz CT molecular complexity index is 702. The van der Waals surface area contributed by atoms with Gasteiger partial charge in [-0.2, -0.15) is 5.26 Å². The number of nitrogens with one attached hydrogen (secondary N) is 1. The maximum absolute atomic E-state index is 12.3. The zero-order valence-electron chi connectivity index (χ0n) is 13.0. The van der Waals surface area contributed by atoms with E-state index in [1.807, 2.05) is 31.0 Å². The first-order valence-corrected chi connectivity index (χ1v) is 7.94. The van der Waals surface area contributed by atoms with Gasteiger partial charge in [-0.1, -0.05) is 24.3 Å². The highest BCUT2D eigenvalue weighted by molar-refractivity contribution is 7.14. The molecule has 1 N–H and O–H groups in total. The number of hydrogen-bond acceptors (Lipinski definition) is 4. The normalized spacial score (nSPS) is 12.0. The number of nitrogens with zero attached hydrogens (tertiary/aromatic N) is 2. The highest BCUT2D eigenvalue weighted by Crippen LogP contribution is 2.22. The predicted octanol–water partition coefficient (Wildman–Crippen LogP) is 3.39. The van der Waals surface area contributed by atoms with Gasteiger partial charge >= 0.3 is 0 Å². The summed E-state index contributed by atoms with van der Waals surface area (Å²) in [6.07, 6.45) is 0. The summed E-state index contributed by atoms with van der Waals surface area (Å²) < 4.78 is 0. The molecule has 0 aliphatic heterocycles. The summed E-state index contributed by atoms with van der Waals surface area (Å²) in [5, 5.41) is 14.2. The van der Waals surface area contributed by atoms with Crippen LogP contribution < -0.4 is 5.32 Å². The summed E-state index contributed by atoms with van der Waals surface area (Å²) in [4.78, 5) is 14.3. The van der Waals surface area contributed by atoms with Crippen LogP contribution in [0.15, 0.2) is 35.7 Å². The maximum Gasteiger partial charge on any atom is 0.242 e. The smallest absolute Gasteiger partial charge is 0.242 e. The molecule has 0 bridgehead atoms. The summed E-state index contributed by atoms with van der Waals surface area (Å²) in [6.45, 7) is 4.64. The van der Waals surface area contributed by atoms with E-state index in [1.54, 1.807) is 11.4 Å². The Balaban J connectivity index is 2.01. The van der Waals surface area contributed by atoms with E-state index >= 15 is 0 Å². The van der Waals surface area contributed by atoms with E-state index in [9.17, 15) is 4.79 Å². The van der Waals surface area contributed by atoms with Crippen molar-refractivity contribution in [1.82, 2.24) is 4.90 Å². The van der Waals surface area contributed by atoms with Gasteiger partial charge in [0, 0.05) is 6.54 Å². The maximum atomic E-state index is 12.3. The van der Waals surface area contributed by atoms with Crippen LogP contribution in [0.1, 0.15) is 23.6 Å². The van der Waals surface area contributed by atoms with Crippen LogP contribution in [-0.4, -0.2) is 23.9 Å². The molecule has 0 saturated carbocycles. The Morgan fingerprint density at radius 2 is 2.14 bits per heavy atom. The topological polar surface area (TPSA) is 56.1 Å². The van der Waals surface area contributed by atoms with Gasteiger partial charge in [0.05, 0.1) is 11.6 Å². The SMILES string of the molecule is Cc1ccccc1CN(C)C(C)C(=O)Nc1sccc1C#N. The van der Waals surface area contributed by atoms with E-state index in [1.165, 1.54) is 22.5 Å². The van der Waals surface area contributed by atoms with E-state index in [0.29, 0.717) is 17.1 Å². The molecule has 0 spiro atoms. The second-order valence-electron chi connectivity index (χ2n) is 5.28. The monoisotopic (exact) mass is 313 g/mol. The summed E-state index contributed by atoms with van der Waals surface area (Å²) in [5.74, 6) is -0.102.